The number of hydrogen-bond donors (Lipinski definition) is 4. The molecule has 1 aromatic carbocycles. The van der Waals surface area contributed by atoms with Gasteiger partial charge >= 0.3 is 6.09 Å². The van der Waals surface area contributed by atoms with Crippen molar-refractivity contribution in [3.63, 3.8) is 0 Å². The monoisotopic (exact) mass is 457 g/mol. The van der Waals surface area contributed by atoms with Crippen LogP contribution in [-0.2, 0) is 16.0 Å². The summed E-state index contributed by atoms with van der Waals surface area (Å²) in [5.41, 5.74) is -1.49. The molecule has 0 heterocycles. The first-order valence-corrected chi connectivity index (χ1v) is 10.7. The zero-order valence-corrected chi connectivity index (χ0v) is 20.0. The molecular formula is C23H37F2N3O4. The highest BCUT2D eigenvalue weighted by Gasteiger charge is 2.31. The number of carbonyl (C=O) groups is 2. The van der Waals surface area contributed by atoms with Crippen molar-refractivity contribution in [1.29, 1.82) is 0 Å². The fraction of sp³-hybridized carbons (Fsp3) is 0.652. The lowest BCUT2D eigenvalue weighted by atomic mass is 9.99. The van der Waals surface area contributed by atoms with E-state index in [-0.39, 0.29) is 30.4 Å². The van der Waals surface area contributed by atoms with Gasteiger partial charge in [0.25, 0.3) is 0 Å². The van der Waals surface area contributed by atoms with Crippen molar-refractivity contribution < 1.29 is 28.2 Å². The average Bonchev–Trinajstić information content (AvgIpc) is 2.61. The summed E-state index contributed by atoms with van der Waals surface area (Å²) in [6, 6.07) is 2.09. The van der Waals surface area contributed by atoms with Crippen molar-refractivity contribution in [2.75, 3.05) is 13.1 Å². The zero-order chi connectivity index (χ0) is 24.7. The number of benzene rings is 1. The lowest BCUT2D eigenvalue weighted by Crippen LogP contribution is -2.57. The molecule has 7 nitrogen and oxygen atoms in total. The van der Waals surface area contributed by atoms with E-state index in [4.69, 9.17) is 4.74 Å². The number of alkyl carbamates (subject to hydrolysis) is 1. The molecule has 0 aromatic heterocycles. The molecule has 32 heavy (non-hydrogen) atoms. The summed E-state index contributed by atoms with van der Waals surface area (Å²) in [6.45, 7) is 12.8. The second kappa shape index (κ2) is 11.6. The minimum atomic E-state index is -1.17. The second-order valence-corrected chi connectivity index (χ2v) is 9.91. The molecule has 4 N–H and O–H groups in total. The molecule has 182 valence electrons. The van der Waals surface area contributed by atoms with Crippen LogP contribution in [0.1, 0.15) is 54.0 Å². The van der Waals surface area contributed by atoms with E-state index in [0.717, 1.165) is 18.2 Å². The molecule has 2 amide bonds. The molecule has 0 bridgehead atoms. The van der Waals surface area contributed by atoms with Gasteiger partial charge in [-0.05, 0) is 64.7 Å². The normalized spacial score (nSPS) is 14.1. The largest absolute Gasteiger partial charge is 0.444 e. The summed E-state index contributed by atoms with van der Waals surface area (Å²) in [7, 11) is 0. The van der Waals surface area contributed by atoms with Crippen LogP contribution in [0.3, 0.4) is 0 Å². The maximum absolute atomic E-state index is 13.6. The second-order valence-electron chi connectivity index (χ2n) is 9.91. The van der Waals surface area contributed by atoms with Crippen LogP contribution in [0.25, 0.3) is 0 Å². The van der Waals surface area contributed by atoms with Gasteiger partial charge in [0.05, 0.1) is 17.7 Å². The number of halogens is 2. The van der Waals surface area contributed by atoms with Crippen LogP contribution in [0.5, 0.6) is 0 Å². The Hall–Kier alpha value is -2.26. The summed E-state index contributed by atoms with van der Waals surface area (Å²) in [6.07, 6.45) is -1.99. The van der Waals surface area contributed by atoms with Crippen LogP contribution >= 0.6 is 0 Å². The topological polar surface area (TPSA) is 99.7 Å². The molecule has 0 saturated heterocycles. The number of aliphatic hydroxyl groups is 1. The van der Waals surface area contributed by atoms with Gasteiger partial charge in [0, 0.05) is 19.2 Å². The van der Waals surface area contributed by atoms with E-state index >= 15 is 0 Å². The number of amides is 2. The van der Waals surface area contributed by atoms with Gasteiger partial charge < -0.3 is 25.8 Å². The van der Waals surface area contributed by atoms with Gasteiger partial charge in [-0.15, -0.1) is 0 Å². The quantitative estimate of drug-likeness (QED) is 0.433. The molecule has 2 unspecified atom stereocenters. The van der Waals surface area contributed by atoms with E-state index < -0.39 is 41.0 Å². The molecule has 0 spiro atoms. The van der Waals surface area contributed by atoms with Gasteiger partial charge in [0.15, 0.2) is 0 Å². The molecule has 0 aliphatic rings. The van der Waals surface area contributed by atoms with Crippen LogP contribution in [0.2, 0.25) is 0 Å². The van der Waals surface area contributed by atoms with Gasteiger partial charge in [-0.3, -0.25) is 4.79 Å². The number of aliphatic hydroxyl groups excluding tert-OH is 1. The SMILES string of the molecule is CC(C)CNC(=O)C(C)(C)NCC(O)C(Cc1cc(F)cc(F)c1)NC(=O)OC(C)(C)C. The Morgan fingerprint density at radius 1 is 1.03 bits per heavy atom. The number of ether oxygens (including phenoxy) is 1. The van der Waals surface area contributed by atoms with Crippen molar-refractivity contribution in [2.45, 2.75) is 78.2 Å². The smallest absolute Gasteiger partial charge is 0.407 e. The number of nitrogens with one attached hydrogen (secondary N) is 3. The van der Waals surface area contributed by atoms with Crippen LogP contribution in [0, 0.1) is 17.6 Å². The number of hydrogen-bond acceptors (Lipinski definition) is 5. The molecule has 0 aliphatic heterocycles. The van der Waals surface area contributed by atoms with Gasteiger partial charge in [-0.1, -0.05) is 13.8 Å². The van der Waals surface area contributed by atoms with Crippen molar-refractivity contribution in [3.8, 4) is 0 Å². The lowest BCUT2D eigenvalue weighted by molar-refractivity contribution is -0.126. The van der Waals surface area contributed by atoms with E-state index in [2.05, 4.69) is 16.0 Å². The zero-order valence-electron chi connectivity index (χ0n) is 20.0. The first-order valence-electron chi connectivity index (χ1n) is 10.7. The van der Waals surface area contributed by atoms with Crippen molar-refractivity contribution >= 4 is 12.0 Å². The fourth-order valence-electron chi connectivity index (χ4n) is 2.82. The summed E-state index contributed by atoms with van der Waals surface area (Å²) in [5, 5.41) is 19.2. The molecule has 0 saturated carbocycles. The third-order valence-corrected chi connectivity index (χ3v) is 4.54. The van der Waals surface area contributed by atoms with Crippen molar-refractivity contribution in [3.05, 3.63) is 35.4 Å². The third-order valence-electron chi connectivity index (χ3n) is 4.54. The van der Waals surface area contributed by atoms with Crippen LogP contribution in [0.15, 0.2) is 18.2 Å². The fourth-order valence-corrected chi connectivity index (χ4v) is 2.82. The number of rotatable bonds is 10. The molecular weight excluding hydrogens is 420 g/mol. The third kappa shape index (κ3) is 10.4. The first kappa shape index (κ1) is 27.8. The maximum Gasteiger partial charge on any atom is 0.407 e. The summed E-state index contributed by atoms with van der Waals surface area (Å²) in [4.78, 5) is 24.7. The molecule has 2 atom stereocenters. The average molecular weight is 458 g/mol. The predicted octanol–water partition coefficient (Wildman–Crippen LogP) is 2.90. The highest BCUT2D eigenvalue weighted by Crippen LogP contribution is 2.14. The minimum absolute atomic E-state index is 0.0449. The highest BCUT2D eigenvalue weighted by atomic mass is 19.1. The van der Waals surface area contributed by atoms with Gasteiger partial charge in [-0.25, -0.2) is 13.6 Å². The van der Waals surface area contributed by atoms with Crippen LogP contribution in [0.4, 0.5) is 13.6 Å². The number of carbonyl (C=O) groups excluding carboxylic acids is 2. The van der Waals surface area contributed by atoms with E-state index in [1.165, 1.54) is 0 Å². The molecule has 1 aromatic rings. The lowest BCUT2D eigenvalue weighted by Gasteiger charge is -2.31. The Kier molecular flexibility index (Phi) is 10.0. The summed E-state index contributed by atoms with van der Waals surface area (Å²) < 4.78 is 32.5. The van der Waals surface area contributed by atoms with E-state index in [1.807, 2.05) is 13.8 Å². The van der Waals surface area contributed by atoms with Crippen LogP contribution < -0.4 is 16.0 Å². The Morgan fingerprint density at radius 2 is 1.59 bits per heavy atom. The first-order chi connectivity index (χ1) is 14.6. The Balaban J connectivity index is 2.92. The Bertz CT molecular complexity index is 759. The summed E-state index contributed by atoms with van der Waals surface area (Å²) >= 11 is 0. The minimum Gasteiger partial charge on any atom is -0.444 e. The summed E-state index contributed by atoms with van der Waals surface area (Å²) in [5.74, 6) is -1.46. The molecule has 9 heteroatoms. The predicted molar refractivity (Wildman–Crippen MR) is 119 cm³/mol. The Morgan fingerprint density at radius 3 is 2.09 bits per heavy atom. The van der Waals surface area contributed by atoms with Crippen LogP contribution in [-0.4, -0.2) is 53.5 Å². The van der Waals surface area contributed by atoms with Crippen molar-refractivity contribution in [2.24, 2.45) is 5.92 Å². The molecule has 1 rings (SSSR count). The molecule has 0 aliphatic carbocycles. The van der Waals surface area contributed by atoms with Crippen molar-refractivity contribution in [1.82, 2.24) is 16.0 Å². The molecule has 0 fully saturated rings. The highest BCUT2D eigenvalue weighted by molar-refractivity contribution is 5.85. The van der Waals surface area contributed by atoms with Gasteiger partial charge in [0.1, 0.15) is 17.2 Å². The number of β-amino-alcohol motifs (C(OH)–C–C–N with tert-alkyl or cyclic N) is 1. The maximum atomic E-state index is 13.6. The van der Waals surface area contributed by atoms with E-state index in [9.17, 15) is 23.5 Å². The van der Waals surface area contributed by atoms with E-state index in [1.54, 1.807) is 34.6 Å². The standard InChI is InChI=1S/C23H37F2N3O4/c1-14(2)12-26-20(30)23(6,7)27-13-19(29)18(28-21(31)32-22(3,4)5)10-15-8-16(24)11-17(25)9-15/h8-9,11,14,18-19,27,29H,10,12-13H2,1-7H3,(H,26,30)(H,28,31). The van der Waals surface area contributed by atoms with Gasteiger partial charge in [0.2, 0.25) is 5.91 Å². The molecule has 0 radical (unpaired) electrons. The Labute approximate surface area is 189 Å². The van der Waals surface area contributed by atoms with Gasteiger partial charge in [-0.2, -0.15) is 0 Å². The van der Waals surface area contributed by atoms with E-state index in [0.29, 0.717) is 6.54 Å².